The first-order valence-electron chi connectivity index (χ1n) is 7.42. The third kappa shape index (κ3) is 5.19. The summed E-state index contributed by atoms with van der Waals surface area (Å²) in [5.41, 5.74) is 1.78. The lowest BCUT2D eigenvalue weighted by molar-refractivity contribution is 0.601. The second-order valence-electron chi connectivity index (χ2n) is 5.41. The van der Waals surface area contributed by atoms with Crippen LogP contribution in [0.25, 0.3) is 0 Å². The molecule has 0 unspecified atom stereocenters. The minimum Gasteiger partial charge on any atom is -0.356 e. The van der Waals surface area contributed by atoms with Crippen molar-refractivity contribution in [3.8, 4) is 0 Å². The van der Waals surface area contributed by atoms with E-state index in [1.807, 2.05) is 19.1 Å². The molecule has 0 bridgehead atoms. The van der Waals surface area contributed by atoms with E-state index in [0.717, 1.165) is 17.7 Å². The largest absolute Gasteiger partial charge is 0.356 e. The first kappa shape index (κ1) is 18.7. The van der Waals surface area contributed by atoms with E-state index in [0.29, 0.717) is 15.0 Å². The standard InChI is InChI=1S/C17H19ClN2O2S2/c1-3-16(12-7-9-15(10-8-12)24(2,21)22)20-17(23)19-14-6-4-5-13(18)11-14/h4-11,16H,3H2,1-2H3,(H2,19,20,23)/t16-/m1/s1. The van der Waals surface area contributed by atoms with Gasteiger partial charge in [-0.05, 0) is 54.5 Å². The topological polar surface area (TPSA) is 58.2 Å². The van der Waals surface area contributed by atoms with Gasteiger partial charge in [0.2, 0.25) is 0 Å². The van der Waals surface area contributed by atoms with E-state index in [9.17, 15) is 8.42 Å². The first-order chi connectivity index (χ1) is 11.3. The van der Waals surface area contributed by atoms with E-state index in [2.05, 4.69) is 10.6 Å². The van der Waals surface area contributed by atoms with Crippen LogP contribution in [-0.4, -0.2) is 19.8 Å². The van der Waals surface area contributed by atoms with Gasteiger partial charge in [0.25, 0.3) is 0 Å². The van der Waals surface area contributed by atoms with Crippen molar-refractivity contribution in [2.24, 2.45) is 0 Å². The highest BCUT2D eigenvalue weighted by Crippen LogP contribution is 2.20. The third-order valence-corrected chi connectivity index (χ3v) is 5.09. The quantitative estimate of drug-likeness (QED) is 0.759. The van der Waals surface area contributed by atoms with Gasteiger partial charge in [-0.25, -0.2) is 8.42 Å². The highest BCUT2D eigenvalue weighted by atomic mass is 35.5. The fraction of sp³-hybridized carbons (Fsp3) is 0.235. The Morgan fingerprint density at radius 2 is 1.88 bits per heavy atom. The highest BCUT2D eigenvalue weighted by molar-refractivity contribution is 7.90. The molecule has 24 heavy (non-hydrogen) atoms. The average Bonchev–Trinajstić information content (AvgIpc) is 2.52. The summed E-state index contributed by atoms with van der Waals surface area (Å²) < 4.78 is 23.1. The highest BCUT2D eigenvalue weighted by Gasteiger charge is 2.13. The number of rotatable bonds is 5. The van der Waals surface area contributed by atoms with Gasteiger partial charge in [-0.1, -0.05) is 36.7 Å². The van der Waals surface area contributed by atoms with E-state index >= 15 is 0 Å². The Kier molecular flexibility index (Phi) is 6.21. The minimum atomic E-state index is -3.19. The molecule has 128 valence electrons. The number of hydrogen-bond donors (Lipinski definition) is 2. The average molecular weight is 383 g/mol. The molecule has 0 spiro atoms. The van der Waals surface area contributed by atoms with Crippen LogP contribution in [0.15, 0.2) is 53.4 Å². The molecule has 0 aliphatic heterocycles. The number of anilines is 1. The van der Waals surface area contributed by atoms with Gasteiger partial charge in [0.05, 0.1) is 10.9 Å². The number of nitrogens with one attached hydrogen (secondary N) is 2. The van der Waals surface area contributed by atoms with Crippen LogP contribution in [-0.2, 0) is 9.84 Å². The molecule has 0 saturated carbocycles. The molecule has 0 aliphatic rings. The predicted octanol–water partition coefficient (Wildman–Crippen LogP) is 4.18. The summed E-state index contributed by atoms with van der Waals surface area (Å²) in [6.07, 6.45) is 2.00. The lowest BCUT2D eigenvalue weighted by atomic mass is 10.1. The third-order valence-electron chi connectivity index (χ3n) is 3.51. The monoisotopic (exact) mass is 382 g/mol. The molecule has 2 aromatic rings. The molecule has 2 aromatic carbocycles. The summed E-state index contributed by atoms with van der Waals surface area (Å²) in [5.74, 6) is 0. The Bertz CT molecular complexity index is 821. The normalized spacial score (nSPS) is 12.5. The van der Waals surface area contributed by atoms with Gasteiger partial charge in [0.15, 0.2) is 14.9 Å². The van der Waals surface area contributed by atoms with Crippen molar-refractivity contribution in [3.05, 3.63) is 59.1 Å². The molecule has 4 nitrogen and oxygen atoms in total. The molecule has 0 fully saturated rings. The van der Waals surface area contributed by atoms with Crippen molar-refractivity contribution in [1.29, 1.82) is 0 Å². The second kappa shape index (κ2) is 7.96. The molecule has 0 heterocycles. The zero-order valence-electron chi connectivity index (χ0n) is 13.4. The number of benzene rings is 2. The van der Waals surface area contributed by atoms with Crippen LogP contribution in [0.3, 0.4) is 0 Å². The summed E-state index contributed by atoms with van der Waals surface area (Å²) in [6, 6.07) is 14.1. The van der Waals surface area contributed by atoms with Crippen LogP contribution in [0.5, 0.6) is 0 Å². The summed E-state index contributed by atoms with van der Waals surface area (Å²) in [7, 11) is -3.19. The zero-order chi connectivity index (χ0) is 17.7. The van der Waals surface area contributed by atoms with Crippen LogP contribution in [0.2, 0.25) is 5.02 Å². The van der Waals surface area contributed by atoms with E-state index in [1.165, 1.54) is 6.26 Å². The number of sulfone groups is 1. The molecule has 7 heteroatoms. The Balaban J connectivity index is 2.07. The van der Waals surface area contributed by atoms with Crippen molar-refractivity contribution in [2.45, 2.75) is 24.3 Å². The molecule has 0 saturated heterocycles. The number of thiocarbonyl (C=S) groups is 1. The molecule has 0 radical (unpaired) electrons. The number of hydrogen-bond acceptors (Lipinski definition) is 3. The molecule has 1 atom stereocenters. The Labute approximate surface area is 153 Å². The van der Waals surface area contributed by atoms with Crippen molar-refractivity contribution < 1.29 is 8.42 Å². The summed E-state index contributed by atoms with van der Waals surface area (Å²) >= 11 is 11.3. The van der Waals surface area contributed by atoms with E-state index < -0.39 is 9.84 Å². The van der Waals surface area contributed by atoms with Crippen molar-refractivity contribution in [2.75, 3.05) is 11.6 Å². The summed E-state index contributed by atoms with van der Waals surface area (Å²) in [4.78, 5) is 0.306. The predicted molar refractivity (Wildman–Crippen MR) is 103 cm³/mol. The van der Waals surface area contributed by atoms with Crippen molar-refractivity contribution in [3.63, 3.8) is 0 Å². The van der Waals surface area contributed by atoms with Gasteiger partial charge < -0.3 is 10.6 Å². The van der Waals surface area contributed by atoms with Crippen molar-refractivity contribution in [1.82, 2.24) is 5.32 Å². The van der Waals surface area contributed by atoms with E-state index in [4.69, 9.17) is 23.8 Å². The molecule has 2 N–H and O–H groups in total. The molecule has 0 amide bonds. The van der Waals surface area contributed by atoms with E-state index in [1.54, 1.807) is 36.4 Å². The Morgan fingerprint density at radius 1 is 1.21 bits per heavy atom. The van der Waals surface area contributed by atoms with E-state index in [-0.39, 0.29) is 6.04 Å². The van der Waals surface area contributed by atoms with Crippen LogP contribution in [0.4, 0.5) is 5.69 Å². The van der Waals surface area contributed by atoms with Crippen LogP contribution < -0.4 is 10.6 Å². The van der Waals surface area contributed by atoms with Crippen LogP contribution in [0, 0.1) is 0 Å². The van der Waals surface area contributed by atoms with Gasteiger partial charge in [0, 0.05) is 17.0 Å². The van der Waals surface area contributed by atoms with Gasteiger partial charge in [0.1, 0.15) is 0 Å². The smallest absolute Gasteiger partial charge is 0.175 e. The van der Waals surface area contributed by atoms with Gasteiger partial charge in [-0.3, -0.25) is 0 Å². The van der Waals surface area contributed by atoms with Crippen LogP contribution in [0.1, 0.15) is 24.9 Å². The van der Waals surface area contributed by atoms with Gasteiger partial charge in [-0.2, -0.15) is 0 Å². The molecular weight excluding hydrogens is 364 g/mol. The molecule has 2 rings (SSSR count). The lowest BCUT2D eigenvalue weighted by Gasteiger charge is -2.20. The lowest BCUT2D eigenvalue weighted by Crippen LogP contribution is -2.32. The fourth-order valence-electron chi connectivity index (χ4n) is 2.26. The van der Waals surface area contributed by atoms with Gasteiger partial charge >= 0.3 is 0 Å². The fourth-order valence-corrected chi connectivity index (χ4v) is 3.34. The summed E-state index contributed by atoms with van der Waals surface area (Å²) in [6.45, 7) is 2.03. The second-order valence-corrected chi connectivity index (χ2v) is 8.27. The maximum Gasteiger partial charge on any atom is 0.175 e. The maximum absolute atomic E-state index is 11.5. The Hall–Kier alpha value is -1.63. The zero-order valence-corrected chi connectivity index (χ0v) is 15.8. The maximum atomic E-state index is 11.5. The molecule has 0 aliphatic carbocycles. The molecule has 0 aromatic heterocycles. The summed E-state index contributed by atoms with van der Waals surface area (Å²) in [5, 5.41) is 7.44. The number of halogens is 1. The van der Waals surface area contributed by atoms with Crippen molar-refractivity contribution >= 4 is 44.5 Å². The Morgan fingerprint density at radius 3 is 2.42 bits per heavy atom. The SMILES string of the molecule is CC[C@@H](NC(=S)Nc1cccc(Cl)c1)c1ccc(S(C)(=O)=O)cc1. The van der Waals surface area contributed by atoms with Crippen LogP contribution >= 0.6 is 23.8 Å². The molecular formula is C17H19ClN2O2S2. The van der Waals surface area contributed by atoms with Gasteiger partial charge in [-0.15, -0.1) is 0 Å². The first-order valence-corrected chi connectivity index (χ1v) is 10.1. The minimum absolute atomic E-state index is 0.0159.